The second-order valence-corrected chi connectivity index (χ2v) is 5.07. The highest BCUT2D eigenvalue weighted by Gasteiger charge is 2.12. The average Bonchev–Trinajstić information content (AvgIpc) is 2.76. The fourth-order valence-corrected chi connectivity index (χ4v) is 2.21. The van der Waals surface area contributed by atoms with Gasteiger partial charge in [0.1, 0.15) is 5.75 Å². The predicted molar refractivity (Wildman–Crippen MR) is 70.9 cm³/mol. The van der Waals surface area contributed by atoms with Gasteiger partial charge in [-0.25, -0.2) is 4.98 Å². The Morgan fingerprint density at radius 2 is 2.22 bits per heavy atom. The number of carbonyl (C=O) groups excluding carboxylic acids is 1. The number of hydrogen-bond acceptors (Lipinski definition) is 4. The smallest absolute Gasteiger partial charge is 0.255 e. The number of rotatable bonds is 3. The molecule has 0 bridgehead atoms. The number of aryl methyl sites for hydroxylation is 2. The van der Waals surface area contributed by atoms with Crippen molar-refractivity contribution < 1.29 is 9.90 Å². The molecule has 1 aromatic heterocycles. The fraction of sp³-hybridized carbons (Fsp3) is 0.231. The molecule has 0 aliphatic rings. The topological polar surface area (TPSA) is 62.2 Å². The van der Waals surface area contributed by atoms with Crippen LogP contribution in [0.5, 0.6) is 5.75 Å². The summed E-state index contributed by atoms with van der Waals surface area (Å²) in [5, 5.41) is 15.4. The van der Waals surface area contributed by atoms with Crippen LogP contribution >= 0.6 is 11.3 Å². The molecule has 2 rings (SSSR count). The van der Waals surface area contributed by atoms with E-state index in [9.17, 15) is 9.90 Å². The molecule has 18 heavy (non-hydrogen) atoms. The van der Waals surface area contributed by atoms with Gasteiger partial charge in [-0.05, 0) is 25.5 Å². The van der Waals surface area contributed by atoms with E-state index in [1.807, 2.05) is 12.3 Å². The molecule has 0 aliphatic carbocycles. The highest BCUT2D eigenvalue weighted by atomic mass is 32.1. The predicted octanol–water partition coefficient (Wildman–Crippen LogP) is 2.40. The zero-order chi connectivity index (χ0) is 13.1. The molecule has 94 valence electrons. The number of amides is 1. The van der Waals surface area contributed by atoms with E-state index in [1.54, 1.807) is 36.5 Å². The molecular weight excluding hydrogens is 248 g/mol. The van der Waals surface area contributed by atoms with Crippen molar-refractivity contribution in [3.8, 4) is 5.75 Å². The van der Waals surface area contributed by atoms with Crippen LogP contribution in [0.2, 0.25) is 0 Å². The van der Waals surface area contributed by atoms with Crippen molar-refractivity contribution >= 4 is 17.2 Å². The van der Waals surface area contributed by atoms with Gasteiger partial charge >= 0.3 is 0 Å². The van der Waals surface area contributed by atoms with Crippen LogP contribution in [0.4, 0.5) is 0 Å². The lowest BCUT2D eigenvalue weighted by Crippen LogP contribution is -2.23. The number of benzene rings is 1. The quantitative estimate of drug-likeness (QED) is 0.892. The van der Waals surface area contributed by atoms with Crippen molar-refractivity contribution in [3.05, 3.63) is 45.4 Å². The lowest BCUT2D eigenvalue weighted by molar-refractivity contribution is 0.0947. The molecule has 0 aliphatic heterocycles. The first-order valence-electron chi connectivity index (χ1n) is 5.55. The molecule has 0 fully saturated rings. The van der Waals surface area contributed by atoms with E-state index < -0.39 is 0 Å². The molecule has 0 atom stereocenters. The van der Waals surface area contributed by atoms with Crippen molar-refractivity contribution in [2.45, 2.75) is 20.4 Å². The third-order valence-corrected chi connectivity index (χ3v) is 3.40. The van der Waals surface area contributed by atoms with Gasteiger partial charge in [-0.15, -0.1) is 11.3 Å². The summed E-state index contributed by atoms with van der Waals surface area (Å²) in [5.74, 6) is -0.258. The van der Waals surface area contributed by atoms with Crippen molar-refractivity contribution in [3.63, 3.8) is 0 Å². The standard InChI is InChI=1S/C13H14N2O2S/c1-8-4-3-5-11(12(8)16)13(17)14-6-10-7-18-9(2)15-10/h3-5,7,16H,6H2,1-2H3,(H,14,17). The first kappa shape index (κ1) is 12.6. The third-order valence-electron chi connectivity index (χ3n) is 2.58. The van der Waals surface area contributed by atoms with Gasteiger partial charge in [0.05, 0.1) is 22.8 Å². The van der Waals surface area contributed by atoms with Crippen LogP contribution in [-0.4, -0.2) is 16.0 Å². The summed E-state index contributed by atoms with van der Waals surface area (Å²) in [6, 6.07) is 5.11. The average molecular weight is 262 g/mol. The second-order valence-electron chi connectivity index (χ2n) is 4.01. The summed E-state index contributed by atoms with van der Waals surface area (Å²) in [6.45, 7) is 4.05. The Kier molecular flexibility index (Phi) is 3.62. The summed E-state index contributed by atoms with van der Waals surface area (Å²) in [6.07, 6.45) is 0. The molecule has 0 unspecified atom stereocenters. The van der Waals surface area contributed by atoms with E-state index in [-0.39, 0.29) is 11.7 Å². The van der Waals surface area contributed by atoms with Crippen molar-refractivity contribution in [2.24, 2.45) is 0 Å². The number of phenolic OH excluding ortho intramolecular Hbond substituents is 1. The number of aromatic nitrogens is 1. The molecule has 1 aromatic carbocycles. The van der Waals surface area contributed by atoms with Gasteiger partial charge in [0, 0.05) is 5.38 Å². The number of thiazole rings is 1. The first-order valence-corrected chi connectivity index (χ1v) is 6.43. The molecule has 0 radical (unpaired) electrons. The summed E-state index contributed by atoms with van der Waals surface area (Å²) in [7, 11) is 0. The number of para-hydroxylation sites is 1. The minimum atomic E-state index is -0.290. The molecule has 5 heteroatoms. The SMILES string of the molecule is Cc1nc(CNC(=O)c2cccc(C)c2O)cs1. The Balaban J connectivity index is 2.06. The molecule has 0 saturated carbocycles. The largest absolute Gasteiger partial charge is 0.507 e. The van der Waals surface area contributed by atoms with Crippen molar-refractivity contribution in [1.29, 1.82) is 0 Å². The lowest BCUT2D eigenvalue weighted by atomic mass is 10.1. The van der Waals surface area contributed by atoms with Gasteiger partial charge in [0.15, 0.2) is 0 Å². The van der Waals surface area contributed by atoms with Gasteiger partial charge in [0.2, 0.25) is 0 Å². The summed E-state index contributed by atoms with van der Waals surface area (Å²) < 4.78 is 0. The number of aromatic hydroxyl groups is 1. The van der Waals surface area contributed by atoms with E-state index in [2.05, 4.69) is 10.3 Å². The monoisotopic (exact) mass is 262 g/mol. The maximum atomic E-state index is 11.9. The van der Waals surface area contributed by atoms with Crippen LogP contribution in [-0.2, 0) is 6.54 Å². The Hall–Kier alpha value is -1.88. The maximum Gasteiger partial charge on any atom is 0.255 e. The van der Waals surface area contributed by atoms with Gasteiger partial charge < -0.3 is 10.4 Å². The maximum absolute atomic E-state index is 11.9. The fourth-order valence-electron chi connectivity index (χ4n) is 1.60. The van der Waals surface area contributed by atoms with Gasteiger partial charge in [-0.2, -0.15) is 0 Å². The minimum absolute atomic E-state index is 0.0319. The Morgan fingerprint density at radius 1 is 1.44 bits per heavy atom. The zero-order valence-electron chi connectivity index (χ0n) is 10.2. The molecule has 2 N–H and O–H groups in total. The number of nitrogens with zero attached hydrogens (tertiary/aromatic N) is 1. The highest BCUT2D eigenvalue weighted by Crippen LogP contribution is 2.21. The minimum Gasteiger partial charge on any atom is -0.507 e. The number of carbonyl (C=O) groups is 1. The molecule has 0 spiro atoms. The third kappa shape index (κ3) is 2.68. The van der Waals surface area contributed by atoms with Gasteiger partial charge in [-0.3, -0.25) is 4.79 Å². The van der Waals surface area contributed by atoms with Crippen LogP contribution in [0, 0.1) is 13.8 Å². The normalized spacial score (nSPS) is 10.3. The van der Waals surface area contributed by atoms with Crippen LogP contribution in [0.3, 0.4) is 0 Å². The van der Waals surface area contributed by atoms with E-state index in [1.165, 1.54) is 0 Å². The van der Waals surface area contributed by atoms with Crippen LogP contribution in [0.25, 0.3) is 0 Å². The molecule has 4 nitrogen and oxygen atoms in total. The van der Waals surface area contributed by atoms with E-state index in [0.717, 1.165) is 10.7 Å². The Morgan fingerprint density at radius 3 is 2.89 bits per heavy atom. The summed E-state index contributed by atoms with van der Waals surface area (Å²) in [4.78, 5) is 16.2. The highest BCUT2D eigenvalue weighted by molar-refractivity contribution is 7.09. The molecule has 2 aromatic rings. The van der Waals surface area contributed by atoms with Gasteiger partial charge in [0.25, 0.3) is 5.91 Å². The van der Waals surface area contributed by atoms with Crippen molar-refractivity contribution in [1.82, 2.24) is 10.3 Å². The number of hydrogen-bond donors (Lipinski definition) is 2. The van der Waals surface area contributed by atoms with E-state index in [0.29, 0.717) is 17.7 Å². The molecular formula is C13H14N2O2S. The van der Waals surface area contributed by atoms with Gasteiger partial charge in [-0.1, -0.05) is 12.1 Å². The number of phenols is 1. The zero-order valence-corrected chi connectivity index (χ0v) is 11.0. The summed E-state index contributed by atoms with van der Waals surface area (Å²) in [5.41, 5.74) is 1.81. The summed E-state index contributed by atoms with van der Waals surface area (Å²) >= 11 is 1.55. The number of nitrogens with one attached hydrogen (secondary N) is 1. The Bertz CT molecular complexity index is 578. The van der Waals surface area contributed by atoms with Crippen LogP contribution in [0.15, 0.2) is 23.6 Å². The first-order chi connectivity index (χ1) is 8.58. The van der Waals surface area contributed by atoms with Crippen LogP contribution in [0.1, 0.15) is 26.6 Å². The second kappa shape index (κ2) is 5.18. The van der Waals surface area contributed by atoms with Crippen molar-refractivity contribution in [2.75, 3.05) is 0 Å². The molecule has 0 saturated heterocycles. The molecule has 1 amide bonds. The van der Waals surface area contributed by atoms with Crippen LogP contribution < -0.4 is 5.32 Å². The Labute approximate surface area is 109 Å². The lowest BCUT2D eigenvalue weighted by Gasteiger charge is -2.07. The van der Waals surface area contributed by atoms with E-state index in [4.69, 9.17) is 0 Å². The molecule has 1 heterocycles. The van der Waals surface area contributed by atoms with E-state index >= 15 is 0 Å².